The van der Waals surface area contributed by atoms with Crippen LogP contribution in [0.15, 0.2) is 97.1 Å². The van der Waals surface area contributed by atoms with Gasteiger partial charge in [0, 0.05) is 34.0 Å². The second-order valence-corrected chi connectivity index (χ2v) is 14.0. The molecule has 5 aromatic rings. The number of nitrogens with zero attached hydrogens (tertiary/aromatic N) is 2. The molecular formula is C39H39Cl2F3N2O2. The number of para-hydroxylation sites is 1. The van der Waals surface area contributed by atoms with E-state index in [1.807, 2.05) is 18.2 Å². The topological polar surface area (TPSA) is 45.5 Å². The number of hydrogen-bond donors (Lipinski definition) is 1. The molecule has 9 heteroatoms. The Labute approximate surface area is 289 Å². The van der Waals surface area contributed by atoms with Crippen molar-refractivity contribution in [1.29, 1.82) is 0 Å². The molecule has 1 aliphatic heterocycles. The largest absolute Gasteiger partial charge is 0.490 e. The molecular weight excluding hydrogens is 656 g/mol. The Morgan fingerprint density at radius 2 is 1.35 bits per heavy atom. The number of benzene rings is 4. The lowest BCUT2D eigenvalue weighted by Gasteiger charge is -2.33. The van der Waals surface area contributed by atoms with Gasteiger partial charge in [0.15, 0.2) is 0 Å². The van der Waals surface area contributed by atoms with Crippen molar-refractivity contribution in [3.8, 4) is 11.3 Å². The molecule has 1 aromatic heterocycles. The van der Waals surface area contributed by atoms with E-state index in [1.165, 1.54) is 38.9 Å². The summed E-state index contributed by atoms with van der Waals surface area (Å²) in [6, 6.07) is 34.9. The number of carbonyl (C=O) groups is 1. The van der Waals surface area contributed by atoms with Crippen molar-refractivity contribution in [2.24, 2.45) is 0 Å². The zero-order valence-corrected chi connectivity index (χ0v) is 28.7. The highest BCUT2D eigenvalue weighted by molar-refractivity contribution is 6.36. The molecule has 0 bridgehead atoms. The molecule has 1 N–H and O–H groups in total. The van der Waals surface area contributed by atoms with Gasteiger partial charge < -0.3 is 9.67 Å². The van der Waals surface area contributed by atoms with Crippen molar-refractivity contribution in [1.82, 2.24) is 9.47 Å². The monoisotopic (exact) mass is 694 g/mol. The smallest absolute Gasteiger partial charge is 0.475 e. The summed E-state index contributed by atoms with van der Waals surface area (Å²) in [4.78, 5) is 11.5. The van der Waals surface area contributed by atoms with Crippen LogP contribution in [0, 0.1) is 0 Å². The van der Waals surface area contributed by atoms with E-state index < -0.39 is 12.1 Å². The van der Waals surface area contributed by atoms with Gasteiger partial charge in [0.25, 0.3) is 0 Å². The Kier molecular flexibility index (Phi) is 10.9. The van der Waals surface area contributed by atoms with Crippen LogP contribution in [0.5, 0.6) is 0 Å². The van der Waals surface area contributed by atoms with E-state index in [4.69, 9.17) is 33.1 Å². The van der Waals surface area contributed by atoms with Crippen molar-refractivity contribution in [3.63, 3.8) is 0 Å². The van der Waals surface area contributed by atoms with E-state index in [0.717, 1.165) is 54.6 Å². The molecule has 0 aliphatic carbocycles. The van der Waals surface area contributed by atoms with Gasteiger partial charge >= 0.3 is 12.1 Å². The summed E-state index contributed by atoms with van der Waals surface area (Å²) in [5.41, 5.74) is 9.24. The van der Waals surface area contributed by atoms with Crippen molar-refractivity contribution < 1.29 is 23.1 Å². The van der Waals surface area contributed by atoms with Crippen LogP contribution in [0.25, 0.3) is 22.2 Å². The Balaban J connectivity index is 0.000000582. The molecule has 4 nitrogen and oxygen atoms in total. The number of aromatic nitrogens is 1. The first-order chi connectivity index (χ1) is 22.7. The number of rotatable bonds is 6. The molecule has 1 aliphatic rings. The van der Waals surface area contributed by atoms with Crippen LogP contribution < -0.4 is 0 Å². The van der Waals surface area contributed by atoms with E-state index in [9.17, 15) is 13.2 Å². The zero-order valence-electron chi connectivity index (χ0n) is 27.2. The highest BCUT2D eigenvalue weighted by Crippen LogP contribution is 2.40. The molecule has 2 heterocycles. The summed E-state index contributed by atoms with van der Waals surface area (Å²) < 4.78 is 34.3. The molecule has 48 heavy (non-hydrogen) atoms. The van der Waals surface area contributed by atoms with E-state index in [2.05, 4.69) is 109 Å². The fourth-order valence-electron chi connectivity index (χ4n) is 6.42. The minimum Gasteiger partial charge on any atom is -0.475 e. The number of alkyl halides is 3. The van der Waals surface area contributed by atoms with E-state index in [-0.39, 0.29) is 5.41 Å². The first-order valence-corrected chi connectivity index (χ1v) is 16.7. The second kappa shape index (κ2) is 14.8. The normalized spacial score (nSPS) is 14.5. The molecule has 1 saturated heterocycles. The minimum absolute atomic E-state index is 0.145. The van der Waals surface area contributed by atoms with Gasteiger partial charge in [-0.2, -0.15) is 13.2 Å². The number of hydrogen-bond acceptors (Lipinski definition) is 2. The van der Waals surface area contributed by atoms with Gasteiger partial charge in [0.1, 0.15) is 0 Å². The Morgan fingerprint density at radius 3 is 1.92 bits per heavy atom. The molecule has 1 fully saturated rings. The van der Waals surface area contributed by atoms with Crippen molar-refractivity contribution in [2.45, 2.75) is 64.2 Å². The molecule has 0 radical (unpaired) electrons. The number of aliphatic carboxylic acids is 1. The summed E-state index contributed by atoms with van der Waals surface area (Å²) in [6.45, 7) is 10.6. The second-order valence-electron chi connectivity index (χ2n) is 13.2. The van der Waals surface area contributed by atoms with Gasteiger partial charge in [-0.15, -0.1) is 0 Å². The maximum Gasteiger partial charge on any atom is 0.490 e. The SMILES string of the molecule is CC(C)(C)c1ccc(Cn2c(-c3ccccc3)c(CN3CCC(c4c(Cl)cccc4Cl)CC3)c3ccccc32)cc1.O=C(O)C(F)(F)F. The lowest BCUT2D eigenvalue weighted by molar-refractivity contribution is -0.192. The number of carboxylic acids is 1. The number of likely N-dealkylation sites (tertiary alicyclic amines) is 1. The number of carboxylic acid groups (broad SMARTS) is 1. The molecule has 0 spiro atoms. The summed E-state index contributed by atoms with van der Waals surface area (Å²) in [7, 11) is 0. The summed E-state index contributed by atoms with van der Waals surface area (Å²) in [5, 5.41) is 10.1. The first kappa shape index (κ1) is 35.5. The van der Waals surface area contributed by atoms with Crippen molar-refractivity contribution >= 4 is 40.1 Å². The van der Waals surface area contributed by atoms with Crippen LogP contribution in [0.3, 0.4) is 0 Å². The third-order valence-corrected chi connectivity index (χ3v) is 9.56. The first-order valence-electron chi connectivity index (χ1n) is 16.0. The van der Waals surface area contributed by atoms with Gasteiger partial charge in [-0.05, 0) is 83.3 Å². The average molecular weight is 696 g/mol. The Hall–Kier alpha value is -3.78. The maximum absolute atomic E-state index is 10.6. The molecule has 0 saturated carbocycles. The van der Waals surface area contributed by atoms with Gasteiger partial charge in [-0.25, -0.2) is 4.79 Å². The van der Waals surface area contributed by atoms with Crippen molar-refractivity contribution in [3.05, 3.63) is 129 Å². The fourth-order valence-corrected chi connectivity index (χ4v) is 7.13. The Bertz CT molecular complexity index is 1840. The van der Waals surface area contributed by atoms with Crippen LogP contribution in [0.4, 0.5) is 13.2 Å². The lowest BCUT2D eigenvalue weighted by Crippen LogP contribution is -2.32. The molecule has 6 rings (SSSR count). The molecule has 0 amide bonds. The number of halogens is 5. The summed E-state index contributed by atoms with van der Waals surface area (Å²) in [6.07, 6.45) is -2.97. The van der Waals surface area contributed by atoms with Crippen LogP contribution in [-0.4, -0.2) is 39.8 Å². The Morgan fingerprint density at radius 1 is 0.792 bits per heavy atom. The van der Waals surface area contributed by atoms with Crippen LogP contribution in [0.1, 0.15) is 61.8 Å². The lowest BCUT2D eigenvalue weighted by atomic mass is 9.87. The van der Waals surface area contributed by atoms with E-state index in [0.29, 0.717) is 5.92 Å². The molecule has 4 aromatic carbocycles. The van der Waals surface area contributed by atoms with Crippen LogP contribution >= 0.6 is 23.2 Å². The highest BCUT2D eigenvalue weighted by atomic mass is 35.5. The number of piperidine rings is 1. The van der Waals surface area contributed by atoms with Crippen LogP contribution in [-0.2, 0) is 23.3 Å². The average Bonchev–Trinajstić information content (AvgIpc) is 3.34. The standard InChI is InChI=1S/C37H38Cl2N2.C2HF3O2/c1-37(2,3)29-18-16-26(17-19-29)24-41-34-15-8-7-12-30(34)31(36(41)28-10-5-4-6-11-28)25-40-22-20-27(21-23-40)35-32(38)13-9-14-33(35)39;3-2(4,5)1(6)7/h4-19,27H,20-25H2,1-3H3;(H,6,7). The van der Waals surface area contributed by atoms with Gasteiger partial charge in [-0.1, -0.05) is 123 Å². The minimum atomic E-state index is -5.08. The predicted molar refractivity (Wildman–Crippen MR) is 189 cm³/mol. The molecule has 0 unspecified atom stereocenters. The quantitative estimate of drug-likeness (QED) is 0.192. The van der Waals surface area contributed by atoms with Crippen LogP contribution in [0.2, 0.25) is 10.0 Å². The molecule has 252 valence electrons. The van der Waals surface area contributed by atoms with E-state index >= 15 is 0 Å². The van der Waals surface area contributed by atoms with Crippen molar-refractivity contribution in [2.75, 3.05) is 13.1 Å². The van der Waals surface area contributed by atoms with Gasteiger partial charge in [-0.3, -0.25) is 4.90 Å². The van der Waals surface area contributed by atoms with E-state index in [1.54, 1.807) is 0 Å². The fraction of sp³-hybridized carbons (Fsp3) is 0.308. The highest BCUT2D eigenvalue weighted by Gasteiger charge is 2.38. The van der Waals surface area contributed by atoms with Gasteiger partial charge in [0.05, 0.1) is 5.69 Å². The summed E-state index contributed by atoms with van der Waals surface area (Å²) >= 11 is 13.2. The summed E-state index contributed by atoms with van der Waals surface area (Å²) in [5.74, 6) is -2.36. The maximum atomic E-state index is 10.6. The third-order valence-electron chi connectivity index (χ3n) is 8.90. The molecule has 0 atom stereocenters. The number of fused-ring (bicyclic) bond motifs is 1. The van der Waals surface area contributed by atoms with Gasteiger partial charge in [0.2, 0.25) is 0 Å². The third kappa shape index (κ3) is 8.25. The zero-order chi connectivity index (χ0) is 34.6. The predicted octanol–water partition coefficient (Wildman–Crippen LogP) is 11.0.